The van der Waals surface area contributed by atoms with Crippen LogP contribution in [0.1, 0.15) is 0 Å². The standard InChI is InChI=1S/C15H11Cl2N3/c16-10-7-12(18)14(8-11(10)17)20-13-5-1-3-9-4-2-6-19-15(9)13/h1-8,20H,18H2. The molecule has 0 aliphatic carbocycles. The number of rotatable bonds is 2. The highest BCUT2D eigenvalue weighted by Gasteiger charge is 2.07. The van der Waals surface area contributed by atoms with Gasteiger partial charge in [-0.05, 0) is 24.3 Å². The van der Waals surface area contributed by atoms with Gasteiger partial charge in [-0.2, -0.15) is 0 Å². The number of fused-ring (bicyclic) bond motifs is 1. The van der Waals surface area contributed by atoms with Crippen molar-refractivity contribution in [3.63, 3.8) is 0 Å². The highest BCUT2D eigenvalue weighted by molar-refractivity contribution is 6.42. The monoisotopic (exact) mass is 303 g/mol. The molecule has 0 fully saturated rings. The van der Waals surface area contributed by atoms with Crippen LogP contribution in [-0.4, -0.2) is 4.98 Å². The van der Waals surface area contributed by atoms with Gasteiger partial charge in [-0.1, -0.05) is 41.4 Å². The molecule has 0 bridgehead atoms. The molecular weight excluding hydrogens is 293 g/mol. The summed E-state index contributed by atoms with van der Waals surface area (Å²) >= 11 is 12.0. The first-order valence-corrected chi connectivity index (χ1v) is 6.76. The number of benzene rings is 2. The number of nitrogens with one attached hydrogen (secondary N) is 1. The molecule has 20 heavy (non-hydrogen) atoms. The minimum absolute atomic E-state index is 0.436. The number of hydrogen-bond acceptors (Lipinski definition) is 3. The van der Waals surface area contributed by atoms with E-state index in [9.17, 15) is 0 Å². The summed E-state index contributed by atoms with van der Waals surface area (Å²) in [6, 6.07) is 13.2. The van der Waals surface area contributed by atoms with Gasteiger partial charge >= 0.3 is 0 Å². The van der Waals surface area contributed by atoms with Crippen molar-refractivity contribution < 1.29 is 0 Å². The summed E-state index contributed by atoms with van der Waals surface area (Å²) in [5.74, 6) is 0. The molecule has 3 rings (SSSR count). The van der Waals surface area contributed by atoms with E-state index in [0.717, 1.165) is 16.6 Å². The number of pyridine rings is 1. The Morgan fingerprint density at radius 1 is 0.950 bits per heavy atom. The smallest absolute Gasteiger partial charge is 0.0936 e. The van der Waals surface area contributed by atoms with Crippen LogP contribution < -0.4 is 11.1 Å². The van der Waals surface area contributed by atoms with E-state index in [2.05, 4.69) is 10.3 Å². The van der Waals surface area contributed by atoms with Gasteiger partial charge in [0.2, 0.25) is 0 Å². The van der Waals surface area contributed by atoms with Gasteiger partial charge in [-0.15, -0.1) is 0 Å². The largest absolute Gasteiger partial charge is 0.397 e. The number of nitrogens with two attached hydrogens (primary N) is 1. The molecule has 0 aliphatic heterocycles. The van der Waals surface area contributed by atoms with Crippen molar-refractivity contribution in [2.45, 2.75) is 0 Å². The lowest BCUT2D eigenvalue weighted by Gasteiger charge is -2.12. The fraction of sp³-hybridized carbons (Fsp3) is 0. The van der Waals surface area contributed by atoms with Crippen LogP contribution in [0.2, 0.25) is 10.0 Å². The molecule has 2 aromatic carbocycles. The van der Waals surface area contributed by atoms with Crippen LogP contribution in [0, 0.1) is 0 Å². The number of halogens is 2. The molecule has 0 unspecified atom stereocenters. The molecule has 0 saturated heterocycles. The molecule has 3 aromatic rings. The Hall–Kier alpha value is -1.97. The molecule has 0 saturated carbocycles. The Kier molecular flexibility index (Phi) is 3.38. The van der Waals surface area contributed by atoms with Crippen molar-refractivity contribution in [1.82, 2.24) is 4.98 Å². The van der Waals surface area contributed by atoms with Gasteiger partial charge in [0.1, 0.15) is 0 Å². The van der Waals surface area contributed by atoms with Crippen molar-refractivity contribution in [2.24, 2.45) is 0 Å². The van der Waals surface area contributed by atoms with E-state index >= 15 is 0 Å². The second kappa shape index (κ2) is 5.19. The number of para-hydroxylation sites is 1. The minimum atomic E-state index is 0.436. The summed E-state index contributed by atoms with van der Waals surface area (Å²) in [5.41, 5.74) is 8.94. The minimum Gasteiger partial charge on any atom is -0.397 e. The average molecular weight is 304 g/mol. The molecule has 1 aromatic heterocycles. The number of anilines is 3. The second-order valence-corrected chi connectivity index (χ2v) is 5.17. The molecule has 0 radical (unpaired) electrons. The molecule has 0 spiro atoms. The molecule has 3 N–H and O–H groups in total. The summed E-state index contributed by atoms with van der Waals surface area (Å²) in [7, 11) is 0. The Bertz CT molecular complexity index is 782. The van der Waals surface area contributed by atoms with Gasteiger partial charge in [0, 0.05) is 11.6 Å². The topological polar surface area (TPSA) is 50.9 Å². The molecule has 0 atom stereocenters. The van der Waals surface area contributed by atoms with Crippen molar-refractivity contribution in [3.05, 3.63) is 58.7 Å². The molecule has 0 aliphatic rings. The van der Waals surface area contributed by atoms with E-state index in [1.54, 1.807) is 18.3 Å². The zero-order valence-electron chi connectivity index (χ0n) is 10.4. The third kappa shape index (κ3) is 2.38. The van der Waals surface area contributed by atoms with Crippen molar-refractivity contribution in [2.75, 3.05) is 11.1 Å². The first-order chi connectivity index (χ1) is 9.65. The molecule has 5 heteroatoms. The fourth-order valence-electron chi connectivity index (χ4n) is 2.02. The normalized spacial score (nSPS) is 10.7. The maximum absolute atomic E-state index is 6.03. The van der Waals surface area contributed by atoms with Crippen LogP contribution in [0.4, 0.5) is 17.1 Å². The lowest BCUT2D eigenvalue weighted by Crippen LogP contribution is -1.97. The second-order valence-electron chi connectivity index (χ2n) is 4.36. The van der Waals surface area contributed by atoms with Gasteiger partial charge in [-0.25, -0.2) is 0 Å². The van der Waals surface area contributed by atoms with Crippen LogP contribution in [-0.2, 0) is 0 Å². The maximum Gasteiger partial charge on any atom is 0.0936 e. The van der Waals surface area contributed by atoms with Crippen LogP contribution in [0.5, 0.6) is 0 Å². The highest BCUT2D eigenvalue weighted by Crippen LogP contribution is 2.33. The Morgan fingerprint density at radius 2 is 1.70 bits per heavy atom. The predicted octanol–water partition coefficient (Wildman–Crippen LogP) is 4.87. The highest BCUT2D eigenvalue weighted by atomic mass is 35.5. The van der Waals surface area contributed by atoms with Crippen LogP contribution in [0.3, 0.4) is 0 Å². The van der Waals surface area contributed by atoms with E-state index in [1.165, 1.54) is 0 Å². The number of aromatic nitrogens is 1. The van der Waals surface area contributed by atoms with Gasteiger partial charge in [-0.3, -0.25) is 4.98 Å². The number of nitrogens with zero attached hydrogens (tertiary/aromatic N) is 1. The quantitative estimate of drug-likeness (QED) is 0.664. The fourth-order valence-corrected chi connectivity index (χ4v) is 2.36. The maximum atomic E-state index is 6.03. The lowest BCUT2D eigenvalue weighted by atomic mass is 10.2. The number of nitrogen functional groups attached to an aromatic ring is 1. The number of hydrogen-bond donors (Lipinski definition) is 2. The SMILES string of the molecule is Nc1cc(Cl)c(Cl)cc1Nc1cccc2cccnc12. The van der Waals surface area contributed by atoms with E-state index in [4.69, 9.17) is 28.9 Å². The van der Waals surface area contributed by atoms with E-state index in [0.29, 0.717) is 21.4 Å². The van der Waals surface area contributed by atoms with Gasteiger partial charge in [0.05, 0.1) is 32.6 Å². The van der Waals surface area contributed by atoms with Crippen LogP contribution in [0.25, 0.3) is 10.9 Å². The summed E-state index contributed by atoms with van der Waals surface area (Å²) in [6.07, 6.45) is 1.76. The predicted molar refractivity (Wildman–Crippen MR) is 85.9 cm³/mol. The first kappa shape index (κ1) is 13.0. The molecule has 1 heterocycles. The van der Waals surface area contributed by atoms with Crippen molar-refractivity contribution >= 4 is 51.2 Å². The van der Waals surface area contributed by atoms with Gasteiger partial charge < -0.3 is 11.1 Å². The van der Waals surface area contributed by atoms with Crippen LogP contribution in [0.15, 0.2) is 48.7 Å². The Labute approximate surface area is 126 Å². The van der Waals surface area contributed by atoms with Gasteiger partial charge in [0.15, 0.2) is 0 Å². The third-order valence-corrected chi connectivity index (χ3v) is 3.72. The van der Waals surface area contributed by atoms with Gasteiger partial charge in [0.25, 0.3) is 0 Å². The lowest BCUT2D eigenvalue weighted by molar-refractivity contribution is 1.40. The summed E-state index contributed by atoms with van der Waals surface area (Å²) < 4.78 is 0. The Morgan fingerprint density at radius 3 is 2.55 bits per heavy atom. The summed E-state index contributed by atoms with van der Waals surface area (Å²) in [4.78, 5) is 4.38. The zero-order valence-corrected chi connectivity index (χ0v) is 11.9. The van der Waals surface area contributed by atoms with E-state index < -0.39 is 0 Å². The molecule has 100 valence electrons. The van der Waals surface area contributed by atoms with Crippen LogP contribution >= 0.6 is 23.2 Å². The van der Waals surface area contributed by atoms with E-state index in [1.807, 2.05) is 30.3 Å². The summed E-state index contributed by atoms with van der Waals surface area (Å²) in [6.45, 7) is 0. The van der Waals surface area contributed by atoms with E-state index in [-0.39, 0.29) is 0 Å². The molecule has 3 nitrogen and oxygen atoms in total. The Balaban J connectivity index is 2.08. The summed E-state index contributed by atoms with van der Waals surface area (Å²) in [5, 5.41) is 5.20. The first-order valence-electron chi connectivity index (χ1n) is 6.00. The zero-order chi connectivity index (χ0) is 14.1. The third-order valence-electron chi connectivity index (χ3n) is 2.99. The molecular formula is C15H11Cl2N3. The molecule has 0 amide bonds. The average Bonchev–Trinajstić information content (AvgIpc) is 2.45. The van der Waals surface area contributed by atoms with Crippen molar-refractivity contribution in [1.29, 1.82) is 0 Å². The van der Waals surface area contributed by atoms with Crippen molar-refractivity contribution in [3.8, 4) is 0 Å².